The van der Waals surface area contributed by atoms with Gasteiger partial charge in [-0.2, -0.15) is 0 Å². The zero-order valence-electron chi connectivity index (χ0n) is 16.4. The molecular weight excluding hydrogens is 358 g/mol. The van der Waals surface area contributed by atoms with Crippen LogP contribution in [0.4, 0.5) is 0 Å². The predicted octanol–water partition coefficient (Wildman–Crippen LogP) is 3.44. The van der Waals surface area contributed by atoms with Gasteiger partial charge in [0.2, 0.25) is 0 Å². The van der Waals surface area contributed by atoms with Crippen LogP contribution in [-0.2, 0) is 16.0 Å². The Morgan fingerprint density at radius 1 is 1.07 bits per heavy atom. The summed E-state index contributed by atoms with van der Waals surface area (Å²) in [5.74, 6) is 0.0262. The SMILES string of the molecule is COc1cc(OC)cc(C(=O)O[C@H](C)C(=O)N[C@H]2CCCc3ccccc32)c1. The number of esters is 1. The van der Waals surface area contributed by atoms with Gasteiger partial charge in [0.05, 0.1) is 25.8 Å². The summed E-state index contributed by atoms with van der Waals surface area (Å²) in [6.07, 6.45) is 1.99. The number of carbonyl (C=O) groups is 2. The van der Waals surface area contributed by atoms with E-state index in [0.29, 0.717) is 11.5 Å². The first-order valence-corrected chi connectivity index (χ1v) is 9.34. The maximum atomic E-state index is 12.6. The van der Waals surface area contributed by atoms with Crippen molar-refractivity contribution >= 4 is 11.9 Å². The number of amides is 1. The van der Waals surface area contributed by atoms with Crippen LogP contribution < -0.4 is 14.8 Å². The smallest absolute Gasteiger partial charge is 0.339 e. The molecule has 2 aromatic rings. The molecule has 0 aliphatic heterocycles. The molecule has 28 heavy (non-hydrogen) atoms. The molecule has 1 amide bonds. The second-order valence-corrected chi connectivity index (χ2v) is 6.80. The van der Waals surface area contributed by atoms with Crippen LogP contribution >= 0.6 is 0 Å². The van der Waals surface area contributed by atoms with Gasteiger partial charge in [-0.1, -0.05) is 24.3 Å². The molecule has 0 aromatic heterocycles. The Balaban J connectivity index is 1.66. The second-order valence-electron chi connectivity index (χ2n) is 6.80. The minimum atomic E-state index is -0.918. The van der Waals surface area contributed by atoms with Gasteiger partial charge in [-0.15, -0.1) is 0 Å². The van der Waals surface area contributed by atoms with Crippen molar-refractivity contribution in [2.24, 2.45) is 0 Å². The van der Waals surface area contributed by atoms with E-state index < -0.39 is 12.1 Å². The van der Waals surface area contributed by atoms with Crippen LogP contribution in [0, 0.1) is 0 Å². The van der Waals surface area contributed by atoms with Crippen LogP contribution in [-0.4, -0.2) is 32.2 Å². The van der Waals surface area contributed by atoms with Gasteiger partial charge >= 0.3 is 5.97 Å². The second kappa shape index (κ2) is 8.78. The fourth-order valence-corrected chi connectivity index (χ4v) is 3.40. The molecule has 2 aromatic carbocycles. The Morgan fingerprint density at radius 3 is 2.43 bits per heavy atom. The van der Waals surface area contributed by atoms with Crippen molar-refractivity contribution < 1.29 is 23.8 Å². The highest BCUT2D eigenvalue weighted by molar-refractivity contribution is 5.93. The maximum absolute atomic E-state index is 12.6. The first kappa shape index (κ1) is 19.7. The van der Waals surface area contributed by atoms with Crippen molar-refractivity contribution in [2.45, 2.75) is 38.3 Å². The lowest BCUT2D eigenvalue weighted by Gasteiger charge is -2.27. The van der Waals surface area contributed by atoms with Gasteiger partial charge < -0.3 is 19.5 Å². The minimum Gasteiger partial charge on any atom is -0.497 e. The maximum Gasteiger partial charge on any atom is 0.339 e. The summed E-state index contributed by atoms with van der Waals surface area (Å²) in [4.78, 5) is 25.1. The number of carbonyl (C=O) groups excluding carboxylic acids is 2. The number of rotatable bonds is 6. The largest absolute Gasteiger partial charge is 0.497 e. The number of nitrogens with one attached hydrogen (secondary N) is 1. The monoisotopic (exact) mass is 383 g/mol. The van der Waals surface area contributed by atoms with Crippen molar-refractivity contribution in [1.29, 1.82) is 0 Å². The number of hydrogen-bond donors (Lipinski definition) is 1. The molecule has 0 radical (unpaired) electrons. The highest BCUT2D eigenvalue weighted by Gasteiger charge is 2.26. The quantitative estimate of drug-likeness (QED) is 0.774. The number of fused-ring (bicyclic) bond motifs is 1. The van der Waals surface area contributed by atoms with Crippen LogP contribution in [0.15, 0.2) is 42.5 Å². The molecule has 0 fully saturated rings. The molecule has 0 bridgehead atoms. The third-order valence-corrected chi connectivity index (χ3v) is 4.93. The van der Waals surface area contributed by atoms with Gasteiger partial charge in [0.1, 0.15) is 11.5 Å². The van der Waals surface area contributed by atoms with Crippen molar-refractivity contribution in [1.82, 2.24) is 5.32 Å². The lowest BCUT2D eigenvalue weighted by molar-refractivity contribution is -0.130. The van der Waals surface area contributed by atoms with Crippen LogP contribution in [0.2, 0.25) is 0 Å². The molecule has 1 N–H and O–H groups in total. The predicted molar refractivity (Wildman–Crippen MR) is 105 cm³/mol. The molecule has 0 spiro atoms. The molecule has 0 unspecified atom stereocenters. The molecule has 6 heteroatoms. The van der Waals surface area contributed by atoms with E-state index in [0.717, 1.165) is 24.8 Å². The summed E-state index contributed by atoms with van der Waals surface area (Å²) >= 11 is 0. The Morgan fingerprint density at radius 2 is 1.75 bits per heavy atom. The van der Waals surface area contributed by atoms with E-state index >= 15 is 0 Å². The first-order valence-electron chi connectivity index (χ1n) is 9.34. The average molecular weight is 383 g/mol. The Bertz CT molecular complexity index is 842. The van der Waals surface area contributed by atoms with E-state index in [1.54, 1.807) is 25.1 Å². The first-order chi connectivity index (χ1) is 13.5. The van der Waals surface area contributed by atoms with Crippen LogP contribution in [0.25, 0.3) is 0 Å². The minimum absolute atomic E-state index is 0.0597. The highest BCUT2D eigenvalue weighted by atomic mass is 16.5. The molecule has 0 saturated heterocycles. The highest BCUT2D eigenvalue weighted by Crippen LogP contribution is 2.29. The van der Waals surface area contributed by atoms with Gasteiger partial charge in [0.15, 0.2) is 6.10 Å². The van der Waals surface area contributed by atoms with Crippen molar-refractivity contribution in [2.75, 3.05) is 14.2 Å². The molecule has 148 valence electrons. The Labute approximate surface area is 164 Å². The molecular formula is C22H25NO5. The number of hydrogen-bond acceptors (Lipinski definition) is 5. The number of benzene rings is 2. The van der Waals surface area contributed by atoms with E-state index in [2.05, 4.69) is 11.4 Å². The summed E-state index contributed by atoms with van der Waals surface area (Å²) in [5.41, 5.74) is 2.66. The fraction of sp³-hybridized carbons (Fsp3) is 0.364. The van der Waals surface area contributed by atoms with E-state index in [4.69, 9.17) is 14.2 Å². The Kier molecular flexibility index (Phi) is 6.19. The average Bonchev–Trinajstić information content (AvgIpc) is 2.73. The standard InChI is InChI=1S/C22H25NO5/c1-14(28-22(25)16-11-17(26-2)13-18(12-16)27-3)21(24)23-20-10-6-8-15-7-4-5-9-19(15)20/h4-5,7,9,11-14,20H,6,8,10H2,1-3H3,(H,23,24)/t14-,20+/m1/s1. The topological polar surface area (TPSA) is 73.9 Å². The normalized spacial score (nSPS) is 16.5. The van der Waals surface area contributed by atoms with Gasteiger partial charge in [-0.25, -0.2) is 4.79 Å². The summed E-state index contributed by atoms with van der Waals surface area (Å²) < 4.78 is 15.7. The zero-order valence-corrected chi connectivity index (χ0v) is 16.4. The van der Waals surface area contributed by atoms with Crippen LogP contribution in [0.5, 0.6) is 11.5 Å². The summed E-state index contributed by atoms with van der Waals surface area (Å²) in [6, 6.07) is 12.8. The summed E-state index contributed by atoms with van der Waals surface area (Å²) in [6.45, 7) is 1.57. The number of methoxy groups -OCH3 is 2. The summed E-state index contributed by atoms with van der Waals surface area (Å²) in [7, 11) is 3.00. The molecule has 2 atom stereocenters. The molecule has 6 nitrogen and oxygen atoms in total. The molecule has 3 rings (SSSR count). The lowest BCUT2D eigenvalue weighted by atomic mass is 9.87. The van der Waals surface area contributed by atoms with Crippen molar-refractivity contribution in [3.05, 3.63) is 59.2 Å². The third kappa shape index (κ3) is 4.44. The Hall–Kier alpha value is -3.02. The molecule has 0 heterocycles. The number of aryl methyl sites for hydroxylation is 1. The summed E-state index contributed by atoms with van der Waals surface area (Å²) in [5, 5.41) is 3.01. The van der Waals surface area contributed by atoms with E-state index in [1.165, 1.54) is 19.8 Å². The van der Waals surface area contributed by atoms with Crippen LogP contribution in [0.3, 0.4) is 0 Å². The van der Waals surface area contributed by atoms with Gasteiger partial charge in [0, 0.05) is 6.07 Å². The van der Waals surface area contributed by atoms with Gasteiger partial charge in [-0.3, -0.25) is 4.79 Å². The van der Waals surface area contributed by atoms with Gasteiger partial charge in [-0.05, 0) is 49.4 Å². The fourth-order valence-electron chi connectivity index (χ4n) is 3.40. The number of ether oxygens (including phenoxy) is 3. The van der Waals surface area contributed by atoms with E-state index in [1.807, 2.05) is 18.2 Å². The van der Waals surface area contributed by atoms with Crippen LogP contribution in [0.1, 0.15) is 47.3 Å². The van der Waals surface area contributed by atoms with Crippen molar-refractivity contribution in [3.63, 3.8) is 0 Å². The van der Waals surface area contributed by atoms with Gasteiger partial charge in [0.25, 0.3) is 5.91 Å². The molecule has 1 aliphatic rings. The third-order valence-electron chi connectivity index (χ3n) is 4.93. The van der Waals surface area contributed by atoms with E-state index in [-0.39, 0.29) is 17.5 Å². The van der Waals surface area contributed by atoms with E-state index in [9.17, 15) is 9.59 Å². The van der Waals surface area contributed by atoms with Crippen molar-refractivity contribution in [3.8, 4) is 11.5 Å². The lowest BCUT2D eigenvalue weighted by Crippen LogP contribution is -2.39. The molecule has 1 aliphatic carbocycles. The zero-order chi connectivity index (χ0) is 20.1. The molecule has 0 saturated carbocycles.